The predicted octanol–water partition coefficient (Wildman–Crippen LogP) is 2.56. The van der Waals surface area contributed by atoms with Crippen molar-refractivity contribution < 1.29 is 8.42 Å². The molecule has 5 nitrogen and oxygen atoms in total. The van der Waals surface area contributed by atoms with Gasteiger partial charge in [-0.15, -0.1) is 11.3 Å². The second-order valence-electron chi connectivity index (χ2n) is 4.84. The Morgan fingerprint density at radius 1 is 1.24 bits per heavy atom. The number of sulfone groups is 1. The molecule has 0 saturated heterocycles. The van der Waals surface area contributed by atoms with E-state index in [2.05, 4.69) is 9.97 Å². The maximum Gasteiger partial charge on any atom is 0.210 e. The minimum Gasteiger partial charge on any atom is -0.399 e. The standard InChI is InChI=1S/C14H13N3O2S2/c1-9-4-10(7-16-6-9)8-21(18,19)14-17-12-3-2-11(15)5-13(12)20-14/h2-7H,8,15H2,1H3. The highest BCUT2D eigenvalue weighted by atomic mass is 32.2. The van der Waals surface area contributed by atoms with Gasteiger partial charge in [-0.1, -0.05) is 6.07 Å². The SMILES string of the molecule is Cc1cncc(CS(=O)(=O)c2nc3ccc(N)cc3s2)c1. The molecule has 1 aromatic carbocycles. The number of nitrogens with zero attached hydrogens (tertiary/aromatic N) is 2. The van der Waals surface area contributed by atoms with Crippen LogP contribution in [0.25, 0.3) is 10.2 Å². The quantitative estimate of drug-likeness (QED) is 0.750. The Hall–Kier alpha value is -1.99. The molecule has 2 heterocycles. The highest BCUT2D eigenvalue weighted by molar-refractivity contribution is 7.92. The molecule has 0 fully saturated rings. The topological polar surface area (TPSA) is 85.9 Å². The molecule has 0 bridgehead atoms. The van der Waals surface area contributed by atoms with Crippen LogP contribution >= 0.6 is 11.3 Å². The van der Waals surface area contributed by atoms with Gasteiger partial charge < -0.3 is 5.73 Å². The summed E-state index contributed by atoms with van der Waals surface area (Å²) in [5.41, 5.74) is 8.54. The van der Waals surface area contributed by atoms with Crippen molar-refractivity contribution in [2.45, 2.75) is 17.0 Å². The fraction of sp³-hybridized carbons (Fsp3) is 0.143. The molecule has 0 atom stereocenters. The second kappa shape index (κ2) is 5.09. The van der Waals surface area contributed by atoms with Gasteiger partial charge in [0, 0.05) is 18.1 Å². The molecular weight excluding hydrogens is 306 g/mol. The lowest BCUT2D eigenvalue weighted by Gasteiger charge is -2.01. The number of nitrogen functional groups attached to an aromatic ring is 1. The van der Waals surface area contributed by atoms with Crippen molar-refractivity contribution in [2.75, 3.05) is 5.73 Å². The normalized spacial score (nSPS) is 11.9. The van der Waals surface area contributed by atoms with Crippen LogP contribution in [0.2, 0.25) is 0 Å². The predicted molar refractivity (Wildman–Crippen MR) is 83.9 cm³/mol. The lowest BCUT2D eigenvalue weighted by atomic mass is 10.2. The van der Waals surface area contributed by atoms with Crippen molar-refractivity contribution >= 4 is 37.1 Å². The summed E-state index contributed by atoms with van der Waals surface area (Å²) in [5.74, 6) is -0.100. The first-order valence-electron chi connectivity index (χ1n) is 6.23. The Balaban J connectivity index is 2.00. The molecule has 2 aromatic heterocycles. The summed E-state index contributed by atoms with van der Waals surface area (Å²) >= 11 is 1.14. The Morgan fingerprint density at radius 3 is 2.81 bits per heavy atom. The van der Waals surface area contributed by atoms with Gasteiger partial charge in [0.25, 0.3) is 0 Å². The molecule has 0 aliphatic heterocycles. The van der Waals surface area contributed by atoms with Crippen molar-refractivity contribution in [2.24, 2.45) is 0 Å². The molecule has 108 valence electrons. The van der Waals surface area contributed by atoms with Gasteiger partial charge in [0.15, 0.2) is 0 Å². The average Bonchev–Trinajstić information content (AvgIpc) is 2.82. The number of hydrogen-bond donors (Lipinski definition) is 1. The lowest BCUT2D eigenvalue weighted by Crippen LogP contribution is -2.05. The number of benzene rings is 1. The van der Waals surface area contributed by atoms with E-state index < -0.39 is 9.84 Å². The van der Waals surface area contributed by atoms with Crippen molar-refractivity contribution in [3.8, 4) is 0 Å². The Morgan fingerprint density at radius 2 is 2.05 bits per heavy atom. The van der Waals surface area contributed by atoms with E-state index in [1.54, 1.807) is 30.6 Å². The van der Waals surface area contributed by atoms with E-state index in [1.165, 1.54) is 0 Å². The molecule has 7 heteroatoms. The van der Waals surface area contributed by atoms with Gasteiger partial charge in [0.1, 0.15) is 0 Å². The van der Waals surface area contributed by atoms with E-state index in [0.717, 1.165) is 21.6 Å². The molecule has 0 radical (unpaired) electrons. The number of thiazole rings is 1. The minimum absolute atomic E-state index is 0.100. The zero-order chi connectivity index (χ0) is 15.0. The molecule has 0 aliphatic rings. The van der Waals surface area contributed by atoms with Crippen molar-refractivity contribution in [1.29, 1.82) is 0 Å². The molecule has 21 heavy (non-hydrogen) atoms. The third-order valence-electron chi connectivity index (χ3n) is 2.95. The van der Waals surface area contributed by atoms with E-state index in [-0.39, 0.29) is 10.1 Å². The summed E-state index contributed by atoms with van der Waals surface area (Å²) in [6.07, 6.45) is 3.26. The van der Waals surface area contributed by atoms with Crippen LogP contribution in [0.3, 0.4) is 0 Å². The summed E-state index contributed by atoms with van der Waals surface area (Å²) in [6.45, 7) is 1.88. The Bertz CT molecular complexity index is 917. The van der Waals surface area contributed by atoms with Crippen LogP contribution in [0.1, 0.15) is 11.1 Å². The molecular formula is C14H13N3O2S2. The van der Waals surface area contributed by atoms with Gasteiger partial charge in [-0.2, -0.15) is 0 Å². The highest BCUT2D eigenvalue weighted by Gasteiger charge is 2.20. The van der Waals surface area contributed by atoms with E-state index >= 15 is 0 Å². The van der Waals surface area contributed by atoms with Crippen LogP contribution in [0.4, 0.5) is 5.69 Å². The van der Waals surface area contributed by atoms with E-state index in [0.29, 0.717) is 16.8 Å². The third kappa shape index (κ3) is 2.88. The minimum atomic E-state index is -3.48. The van der Waals surface area contributed by atoms with Gasteiger partial charge in [-0.05, 0) is 36.2 Å². The van der Waals surface area contributed by atoms with Crippen molar-refractivity contribution in [3.63, 3.8) is 0 Å². The van der Waals surface area contributed by atoms with Crippen molar-refractivity contribution in [3.05, 3.63) is 47.8 Å². The Kier molecular flexibility index (Phi) is 3.38. The molecule has 0 saturated carbocycles. The van der Waals surface area contributed by atoms with E-state index in [9.17, 15) is 8.42 Å². The summed E-state index contributed by atoms with van der Waals surface area (Å²) in [7, 11) is -3.48. The highest BCUT2D eigenvalue weighted by Crippen LogP contribution is 2.28. The number of fused-ring (bicyclic) bond motifs is 1. The smallest absolute Gasteiger partial charge is 0.210 e. The molecule has 0 unspecified atom stereocenters. The number of rotatable bonds is 3. The first-order chi connectivity index (χ1) is 9.94. The summed E-state index contributed by atoms with van der Waals surface area (Å²) < 4.78 is 25.8. The number of anilines is 1. The number of hydrogen-bond acceptors (Lipinski definition) is 6. The van der Waals surface area contributed by atoms with Crippen LogP contribution in [0.5, 0.6) is 0 Å². The molecule has 0 amide bonds. The van der Waals surface area contributed by atoms with Crippen LogP contribution in [0.15, 0.2) is 41.0 Å². The molecule has 3 rings (SSSR count). The first kappa shape index (κ1) is 14.0. The number of pyridine rings is 1. The summed E-state index contributed by atoms with van der Waals surface area (Å²) in [5, 5.41) is 0. The monoisotopic (exact) mass is 319 g/mol. The van der Waals surface area contributed by atoms with Gasteiger partial charge in [-0.25, -0.2) is 13.4 Å². The van der Waals surface area contributed by atoms with Gasteiger partial charge in [0.2, 0.25) is 14.2 Å². The zero-order valence-electron chi connectivity index (χ0n) is 11.3. The first-order valence-corrected chi connectivity index (χ1v) is 8.70. The van der Waals surface area contributed by atoms with Crippen LogP contribution in [-0.4, -0.2) is 18.4 Å². The largest absolute Gasteiger partial charge is 0.399 e. The van der Waals surface area contributed by atoms with Crippen LogP contribution in [-0.2, 0) is 15.6 Å². The Labute approximate surface area is 126 Å². The lowest BCUT2D eigenvalue weighted by molar-refractivity contribution is 0.594. The maximum atomic E-state index is 12.5. The number of nitrogens with two attached hydrogens (primary N) is 1. The maximum absolute atomic E-state index is 12.5. The summed E-state index contributed by atoms with van der Waals surface area (Å²) in [6, 6.07) is 6.99. The van der Waals surface area contributed by atoms with Gasteiger partial charge in [-0.3, -0.25) is 4.98 Å². The fourth-order valence-electron chi connectivity index (χ4n) is 2.03. The molecule has 3 aromatic rings. The second-order valence-corrected chi connectivity index (χ2v) is 8.03. The number of aromatic nitrogens is 2. The van der Waals surface area contributed by atoms with Crippen LogP contribution in [0, 0.1) is 6.92 Å². The van der Waals surface area contributed by atoms with E-state index in [4.69, 9.17) is 5.73 Å². The zero-order valence-corrected chi connectivity index (χ0v) is 12.9. The van der Waals surface area contributed by atoms with Crippen molar-refractivity contribution in [1.82, 2.24) is 9.97 Å². The van der Waals surface area contributed by atoms with Gasteiger partial charge >= 0.3 is 0 Å². The molecule has 0 spiro atoms. The number of aryl methyl sites for hydroxylation is 1. The fourth-order valence-corrected chi connectivity index (χ4v) is 4.69. The molecule has 2 N–H and O–H groups in total. The summed E-state index contributed by atoms with van der Waals surface area (Å²) in [4.78, 5) is 8.22. The third-order valence-corrected chi connectivity index (χ3v) is 6.11. The molecule has 0 aliphatic carbocycles. The average molecular weight is 319 g/mol. The van der Waals surface area contributed by atoms with Crippen LogP contribution < -0.4 is 5.73 Å². The van der Waals surface area contributed by atoms with E-state index in [1.807, 2.05) is 13.0 Å². The van der Waals surface area contributed by atoms with Gasteiger partial charge in [0.05, 0.1) is 16.0 Å².